The highest BCUT2D eigenvalue weighted by molar-refractivity contribution is 8.36. The van der Waals surface area contributed by atoms with Crippen LogP contribution in [-0.4, -0.2) is 18.1 Å². The van der Waals surface area contributed by atoms with E-state index < -0.39 is 17.8 Å². The molecule has 0 aromatic heterocycles. The van der Waals surface area contributed by atoms with Gasteiger partial charge in [-0.05, 0) is 26.0 Å². The highest BCUT2D eigenvalue weighted by Crippen LogP contribution is 2.62. The molecule has 0 aliphatic heterocycles. The third-order valence-corrected chi connectivity index (χ3v) is 5.01. The first-order valence-electron chi connectivity index (χ1n) is 5.55. The monoisotopic (exact) mass is 359 g/mol. The summed E-state index contributed by atoms with van der Waals surface area (Å²) in [7, 11) is -3.17. The molecule has 0 heterocycles. The average molecular weight is 360 g/mol. The maximum absolute atomic E-state index is 11.1. The molecule has 0 bridgehead atoms. The number of hydrogen-bond donors (Lipinski definition) is 0. The van der Waals surface area contributed by atoms with Crippen molar-refractivity contribution in [3.05, 3.63) is 32.3 Å². The van der Waals surface area contributed by atoms with E-state index in [0.29, 0.717) is 0 Å². The van der Waals surface area contributed by atoms with E-state index in [1.165, 1.54) is 12.1 Å². The Balaban J connectivity index is 3.24. The van der Waals surface area contributed by atoms with Crippen LogP contribution in [0.15, 0.2) is 12.1 Å². The fourth-order valence-corrected chi connectivity index (χ4v) is 3.84. The molecular formula is C10H12Cl2NO5PS. The zero-order valence-electron chi connectivity index (χ0n) is 10.7. The highest BCUT2D eigenvalue weighted by atomic mass is 35.5. The minimum atomic E-state index is -3.17. The summed E-state index contributed by atoms with van der Waals surface area (Å²) in [5, 5.41) is 11.0. The Morgan fingerprint density at radius 2 is 1.75 bits per heavy atom. The van der Waals surface area contributed by atoms with Gasteiger partial charge in [0.15, 0.2) is 0 Å². The largest absolute Gasteiger partial charge is 0.449 e. The summed E-state index contributed by atoms with van der Waals surface area (Å²) in [6.45, 7) is 3.89. The summed E-state index contributed by atoms with van der Waals surface area (Å²) in [6, 6.07) is 2.68. The Bertz CT molecular complexity index is 499. The third kappa shape index (κ3) is 4.35. The quantitative estimate of drug-likeness (QED) is 0.307. The molecule has 0 radical (unpaired) electrons. The van der Waals surface area contributed by atoms with E-state index in [0.717, 1.165) is 0 Å². The molecule has 0 N–H and O–H groups in total. The van der Waals surface area contributed by atoms with E-state index in [-0.39, 0.29) is 29.0 Å². The first kappa shape index (κ1) is 17.8. The second kappa shape index (κ2) is 7.64. The molecule has 0 amide bonds. The summed E-state index contributed by atoms with van der Waals surface area (Å²) in [5.74, 6) is -0.241. The zero-order chi connectivity index (χ0) is 15.3. The van der Waals surface area contributed by atoms with Gasteiger partial charge in [0.25, 0.3) is 5.75 Å². The van der Waals surface area contributed by atoms with Crippen LogP contribution in [-0.2, 0) is 21.3 Å². The van der Waals surface area contributed by atoms with Crippen LogP contribution in [0.1, 0.15) is 13.8 Å². The zero-order valence-corrected chi connectivity index (χ0v) is 13.9. The molecule has 0 atom stereocenters. The van der Waals surface area contributed by atoms with Gasteiger partial charge in [0.1, 0.15) is 5.02 Å². The van der Waals surface area contributed by atoms with Gasteiger partial charge in [-0.15, -0.1) is 0 Å². The molecular weight excluding hydrogens is 348 g/mol. The van der Waals surface area contributed by atoms with E-state index in [1.54, 1.807) is 13.8 Å². The molecule has 0 unspecified atom stereocenters. The van der Waals surface area contributed by atoms with Crippen LogP contribution in [0.2, 0.25) is 10.0 Å². The molecule has 10 heteroatoms. The van der Waals surface area contributed by atoms with Crippen LogP contribution in [0.25, 0.3) is 0 Å². The average Bonchev–Trinajstić information content (AvgIpc) is 2.34. The maximum Gasteiger partial charge on any atom is 0.336 e. The lowest BCUT2D eigenvalue weighted by molar-refractivity contribution is -0.385. The number of hydrogen-bond acceptors (Lipinski definition) is 6. The molecule has 1 aromatic rings. The minimum absolute atomic E-state index is 0.00901. The molecule has 112 valence electrons. The van der Waals surface area contributed by atoms with Crippen molar-refractivity contribution in [3.63, 3.8) is 0 Å². The second-order valence-corrected chi connectivity index (χ2v) is 7.09. The van der Waals surface area contributed by atoms with Gasteiger partial charge < -0.3 is 16.8 Å². The van der Waals surface area contributed by atoms with Crippen molar-refractivity contribution in [2.24, 2.45) is 0 Å². The van der Waals surface area contributed by atoms with Crippen LogP contribution < -0.4 is 4.52 Å². The van der Waals surface area contributed by atoms with Crippen molar-refractivity contribution < 1.29 is 18.5 Å². The Hall–Kier alpha value is -0.300. The molecule has 0 saturated heterocycles. The number of rotatable bonds is 7. The van der Waals surface area contributed by atoms with Gasteiger partial charge in [-0.25, -0.2) is 0 Å². The lowest BCUT2D eigenvalue weighted by atomic mass is 10.3. The normalized spacial score (nSPS) is 11.4. The molecule has 0 spiro atoms. The van der Waals surface area contributed by atoms with E-state index in [9.17, 15) is 10.1 Å². The van der Waals surface area contributed by atoms with Crippen molar-refractivity contribution >= 4 is 48.3 Å². The van der Waals surface area contributed by atoms with Gasteiger partial charge in [0, 0.05) is 0 Å². The number of nitro benzene ring substituents is 1. The predicted octanol–water partition coefficient (Wildman–Crippen LogP) is 4.58. The van der Waals surface area contributed by atoms with Crippen LogP contribution in [0, 0.1) is 10.1 Å². The van der Waals surface area contributed by atoms with Gasteiger partial charge in [-0.2, -0.15) is 9.05 Å². The van der Waals surface area contributed by atoms with Crippen LogP contribution in [0.4, 0.5) is 5.69 Å². The van der Waals surface area contributed by atoms with E-state index in [1.807, 2.05) is 0 Å². The SMILES string of the molecule is CCO[P+]([S-])(OCC)Oc1c(Cl)ccc(Cl)c1[N+](=O)[O-]. The number of benzene rings is 1. The van der Waals surface area contributed by atoms with Crippen LogP contribution in [0.3, 0.4) is 0 Å². The van der Waals surface area contributed by atoms with Gasteiger partial charge >= 0.3 is 12.8 Å². The Kier molecular flexibility index (Phi) is 6.78. The molecule has 0 fully saturated rings. The topological polar surface area (TPSA) is 70.8 Å². The molecule has 6 nitrogen and oxygen atoms in total. The van der Waals surface area contributed by atoms with Crippen LogP contribution in [0.5, 0.6) is 5.75 Å². The van der Waals surface area contributed by atoms with Crippen molar-refractivity contribution in [2.45, 2.75) is 13.8 Å². The van der Waals surface area contributed by atoms with Crippen molar-refractivity contribution in [1.29, 1.82) is 0 Å². The molecule has 1 rings (SSSR count). The summed E-state index contributed by atoms with van der Waals surface area (Å²) in [4.78, 5) is 10.4. The standard InChI is InChI=1S/C10H12Cl2NO5PS/c1-3-16-19(20,17-4-2)18-10-8(12)6-5-7(11)9(10)13(14)15/h5-6H,3-4H2,1-2H3. The first-order valence-corrected chi connectivity index (χ1v) is 8.87. The lowest BCUT2D eigenvalue weighted by Gasteiger charge is -2.26. The van der Waals surface area contributed by atoms with Gasteiger partial charge in [-0.1, -0.05) is 23.2 Å². The van der Waals surface area contributed by atoms with Gasteiger partial charge in [-0.3, -0.25) is 10.1 Å². The second-order valence-electron chi connectivity index (χ2n) is 3.34. The molecule has 20 heavy (non-hydrogen) atoms. The predicted molar refractivity (Wildman–Crippen MR) is 81.3 cm³/mol. The fraction of sp³-hybridized carbons (Fsp3) is 0.400. The van der Waals surface area contributed by atoms with Crippen molar-refractivity contribution in [1.82, 2.24) is 0 Å². The molecule has 0 saturated carbocycles. The smallest absolute Gasteiger partial charge is 0.336 e. The lowest BCUT2D eigenvalue weighted by Crippen LogP contribution is -2.09. The summed E-state index contributed by atoms with van der Waals surface area (Å²) in [6.07, 6.45) is 0. The minimum Gasteiger partial charge on any atom is -0.449 e. The van der Waals surface area contributed by atoms with Crippen molar-refractivity contribution in [2.75, 3.05) is 13.2 Å². The fourth-order valence-electron chi connectivity index (χ4n) is 1.30. The Morgan fingerprint density at radius 1 is 1.25 bits per heavy atom. The first-order chi connectivity index (χ1) is 9.34. The number of nitro groups is 1. The summed E-state index contributed by atoms with van der Waals surface area (Å²) < 4.78 is 15.9. The summed E-state index contributed by atoms with van der Waals surface area (Å²) in [5.41, 5.74) is -0.465. The van der Waals surface area contributed by atoms with E-state index in [2.05, 4.69) is 0 Å². The summed E-state index contributed by atoms with van der Waals surface area (Å²) >= 11 is 16.9. The Labute approximate surface area is 132 Å². The van der Waals surface area contributed by atoms with E-state index in [4.69, 9.17) is 49.0 Å². The molecule has 1 aromatic carbocycles. The van der Waals surface area contributed by atoms with Crippen LogP contribution >= 0.6 is 30.3 Å². The number of nitrogens with zero attached hydrogens (tertiary/aromatic N) is 1. The molecule has 0 aliphatic carbocycles. The van der Waals surface area contributed by atoms with Gasteiger partial charge in [0.2, 0.25) is 0 Å². The highest BCUT2D eigenvalue weighted by Gasteiger charge is 2.36. The molecule has 0 aliphatic rings. The van der Waals surface area contributed by atoms with Crippen molar-refractivity contribution in [3.8, 4) is 5.75 Å². The Morgan fingerprint density at radius 3 is 2.20 bits per heavy atom. The van der Waals surface area contributed by atoms with Gasteiger partial charge in [0.05, 0.1) is 23.2 Å². The number of halogens is 2. The third-order valence-electron chi connectivity index (χ3n) is 1.99. The maximum atomic E-state index is 11.1. The van der Waals surface area contributed by atoms with E-state index >= 15 is 0 Å².